The second kappa shape index (κ2) is 5.49. The number of benzene rings is 2. The first kappa shape index (κ1) is 12.9. The Labute approximate surface area is 119 Å². The molecule has 0 aromatic heterocycles. The summed E-state index contributed by atoms with van der Waals surface area (Å²) in [5.41, 5.74) is 2.99. The molecule has 2 nitrogen and oxygen atoms in total. The lowest BCUT2D eigenvalue weighted by Crippen LogP contribution is -2.04. The molecule has 1 saturated carbocycles. The number of Topliss-reactive ketones (excluding diaryl/α,β-unsaturated/α-hetero) is 1. The van der Waals surface area contributed by atoms with Gasteiger partial charge >= 0.3 is 0 Å². The standard InChI is InChI=1S/C18H18O2/c1-13-5-7-14(8-6-13)11-18(19)15-3-2-4-17(12-15)20-16-9-10-16/h2-8,12,16H,9-11H2,1H3. The normalized spacial score (nSPS) is 14.1. The van der Waals surface area contributed by atoms with Crippen molar-refractivity contribution in [3.05, 3.63) is 65.2 Å². The van der Waals surface area contributed by atoms with Crippen molar-refractivity contribution in [2.24, 2.45) is 0 Å². The minimum atomic E-state index is 0.134. The van der Waals surface area contributed by atoms with E-state index in [2.05, 4.69) is 0 Å². The topological polar surface area (TPSA) is 26.3 Å². The van der Waals surface area contributed by atoms with Gasteiger partial charge in [0, 0.05) is 12.0 Å². The fourth-order valence-electron chi connectivity index (χ4n) is 2.11. The van der Waals surface area contributed by atoms with E-state index in [1.165, 1.54) is 5.56 Å². The molecule has 1 fully saturated rings. The molecule has 0 bridgehead atoms. The maximum atomic E-state index is 12.3. The Morgan fingerprint density at radius 3 is 2.60 bits per heavy atom. The Morgan fingerprint density at radius 1 is 1.15 bits per heavy atom. The number of rotatable bonds is 5. The highest BCUT2D eigenvalue weighted by Gasteiger charge is 2.23. The van der Waals surface area contributed by atoms with Crippen LogP contribution in [0.5, 0.6) is 5.75 Å². The third-order valence-corrected chi connectivity index (χ3v) is 3.47. The summed E-state index contributed by atoms with van der Waals surface area (Å²) in [6, 6.07) is 15.6. The van der Waals surface area contributed by atoms with E-state index in [4.69, 9.17) is 4.74 Å². The first-order valence-corrected chi connectivity index (χ1v) is 7.06. The molecular weight excluding hydrogens is 248 g/mol. The van der Waals surface area contributed by atoms with Crippen LogP contribution in [-0.4, -0.2) is 11.9 Å². The number of aryl methyl sites for hydroxylation is 1. The van der Waals surface area contributed by atoms with Gasteiger partial charge in [0.15, 0.2) is 5.78 Å². The third kappa shape index (κ3) is 3.27. The fraction of sp³-hybridized carbons (Fsp3) is 0.278. The van der Waals surface area contributed by atoms with E-state index in [9.17, 15) is 4.79 Å². The summed E-state index contributed by atoms with van der Waals surface area (Å²) in [5, 5.41) is 0. The predicted molar refractivity (Wildman–Crippen MR) is 79.3 cm³/mol. The molecule has 0 atom stereocenters. The zero-order valence-corrected chi connectivity index (χ0v) is 11.6. The smallest absolute Gasteiger partial charge is 0.167 e. The summed E-state index contributed by atoms with van der Waals surface area (Å²) in [4.78, 5) is 12.3. The SMILES string of the molecule is Cc1ccc(CC(=O)c2cccc(OC3CC3)c2)cc1. The fourth-order valence-corrected chi connectivity index (χ4v) is 2.11. The van der Waals surface area contributed by atoms with Gasteiger partial charge < -0.3 is 4.74 Å². The summed E-state index contributed by atoms with van der Waals surface area (Å²) in [5.74, 6) is 0.942. The number of hydrogen-bond donors (Lipinski definition) is 0. The van der Waals surface area contributed by atoms with Gasteiger partial charge in [-0.15, -0.1) is 0 Å². The van der Waals surface area contributed by atoms with Gasteiger partial charge in [-0.05, 0) is 37.5 Å². The Kier molecular flexibility index (Phi) is 3.55. The third-order valence-electron chi connectivity index (χ3n) is 3.47. The van der Waals surface area contributed by atoms with Crippen LogP contribution in [0.25, 0.3) is 0 Å². The summed E-state index contributed by atoms with van der Waals surface area (Å²) in [7, 11) is 0. The number of hydrogen-bond acceptors (Lipinski definition) is 2. The van der Waals surface area contributed by atoms with Gasteiger partial charge in [0.1, 0.15) is 5.75 Å². The van der Waals surface area contributed by atoms with Crippen molar-refractivity contribution in [2.75, 3.05) is 0 Å². The summed E-state index contributed by atoms with van der Waals surface area (Å²) >= 11 is 0. The molecule has 20 heavy (non-hydrogen) atoms. The van der Waals surface area contributed by atoms with Crippen molar-refractivity contribution in [1.82, 2.24) is 0 Å². The Hall–Kier alpha value is -2.09. The molecule has 0 heterocycles. The largest absolute Gasteiger partial charge is 0.490 e. The molecule has 0 spiro atoms. The van der Waals surface area contributed by atoms with Crippen LogP contribution in [0.3, 0.4) is 0 Å². The molecule has 0 amide bonds. The van der Waals surface area contributed by atoms with E-state index in [1.54, 1.807) is 0 Å². The zero-order chi connectivity index (χ0) is 13.9. The maximum absolute atomic E-state index is 12.3. The highest BCUT2D eigenvalue weighted by molar-refractivity contribution is 5.97. The van der Waals surface area contributed by atoms with Gasteiger partial charge in [-0.1, -0.05) is 42.0 Å². The van der Waals surface area contributed by atoms with E-state index < -0.39 is 0 Å². The predicted octanol–water partition coefficient (Wildman–Crippen LogP) is 3.96. The van der Waals surface area contributed by atoms with Crippen LogP contribution < -0.4 is 4.74 Å². The van der Waals surface area contributed by atoms with Crippen molar-refractivity contribution in [1.29, 1.82) is 0 Å². The van der Waals surface area contributed by atoms with Gasteiger partial charge in [0.25, 0.3) is 0 Å². The molecular formula is C18H18O2. The van der Waals surface area contributed by atoms with Crippen molar-refractivity contribution in [2.45, 2.75) is 32.3 Å². The van der Waals surface area contributed by atoms with Gasteiger partial charge in [0.2, 0.25) is 0 Å². The van der Waals surface area contributed by atoms with E-state index in [0.29, 0.717) is 12.5 Å². The van der Waals surface area contributed by atoms with Crippen molar-refractivity contribution in [3.8, 4) is 5.75 Å². The quantitative estimate of drug-likeness (QED) is 0.766. The molecule has 1 aliphatic rings. The van der Waals surface area contributed by atoms with Crippen molar-refractivity contribution in [3.63, 3.8) is 0 Å². The van der Waals surface area contributed by atoms with Gasteiger partial charge in [-0.3, -0.25) is 4.79 Å². The second-order valence-electron chi connectivity index (χ2n) is 5.43. The van der Waals surface area contributed by atoms with E-state index in [-0.39, 0.29) is 5.78 Å². The molecule has 0 radical (unpaired) electrons. The molecule has 1 aliphatic carbocycles. The molecule has 2 heteroatoms. The molecule has 2 aromatic rings. The van der Waals surface area contributed by atoms with Crippen LogP contribution >= 0.6 is 0 Å². The second-order valence-corrected chi connectivity index (χ2v) is 5.43. The lowest BCUT2D eigenvalue weighted by molar-refractivity contribution is 0.0992. The molecule has 102 valence electrons. The lowest BCUT2D eigenvalue weighted by Gasteiger charge is -2.07. The van der Waals surface area contributed by atoms with Crippen LogP contribution in [0.15, 0.2) is 48.5 Å². The van der Waals surface area contributed by atoms with Crippen LogP contribution in [0, 0.1) is 6.92 Å². The average Bonchev–Trinajstić information content (AvgIpc) is 3.25. The summed E-state index contributed by atoms with van der Waals surface area (Å²) < 4.78 is 5.73. The van der Waals surface area contributed by atoms with E-state index in [0.717, 1.165) is 29.7 Å². The number of ketones is 1. The highest BCUT2D eigenvalue weighted by atomic mass is 16.5. The Balaban J connectivity index is 1.71. The average molecular weight is 266 g/mol. The highest BCUT2D eigenvalue weighted by Crippen LogP contribution is 2.27. The molecule has 0 saturated heterocycles. The van der Waals surface area contributed by atoms with Crippen LogP contribution in [0.2, 0.25) is 0 Å². The first-order chi connectivity index (χ1) is 9.70. The molecule has 0 aliphatic heterocycles. The number of carbonyl (C=O) groups is 1. The molecule has 0 N–H and O–H groups in total. The van der Waals surface area contributed by atoms with Gasteiger partial charge in [-0.2, -0.15) is 0 Å². The maximum Gasteiger partial charge on any atom is 0.167 e. The van der Waals surface area contributed by atoms with Crippen molar-refractivity contribution >= 4 is 5.78 Å². The summed E-state index contributed by atoms with van der Waals surface area (Å²) in [6.45, 7) is 2.05. The van der Waals surface area contributed by atoms with Crippen molar-refractivity contribution < 1.29 is 9.53 Å². The molecule has 3 rings (SSSR count). The molecule has 0 unspecified atom stereocenters. The minimum Gasteiger partial charge on any atom is -0.490 e. The minimum absolute atomic E-state index is 0.134. The van der Waals surface area contributed by atoms with E-state index >= 15 is 0 Å². The first-order valence-electron chi connectivity index (χ1n) is 7.06. The lowest BCUT2D eigenvalue weighted by atomic mass is 10.0. The zero-order valence-electron chi connectivity index (χ0n) is 11.6. The number of carbonyl (C=O) groups excluding carboxylic acids is 1. The van der Waals surface area contributed by atoms with Gasteiger partial charge in [0.05, 0.1) is 6.10 Å². The van der Waals surface area contributed by atoms with Crippen LogP contribution in [-0.2, 0) is 6.42 Å². The van der Waals surface area contributed by atoms with E-state index in [1.807, 2.05) is 55.5 Å². The number of ether oxygens (including phenoxy) is 1. The Morgan fingerprint density at radius 2 is 1.90 bits per heavy atom. The Bertz CT molecular complexity index is 610. The van der Waals surface area contributed by atoms with Gasteiger partial charge in [-0.25, -0.2) is 0 Å². The summed E-state index contributed by atoms with van der Waals surface area (Å²) in [6.07, 6.45) is 3.05. The monoisotopic (exact) mass is 266 g/mol. The van der Waals surface area contributed by atoms with Crippen LogP contribution in [0.1, 0.15) is 34.3 Å². The van der Waals surface area contributed by atoms with Crippen LogP contribution in [0.4, 0.5) is 0 Å². The molecule has 2 aromatic carbocycles.